The van der Waals surface area contributed by atoms with Gasteiger partial charge in [0, 0.05) is 5.92 Å². The minimum Gasteiger partial charge on any atom is -0.464 e. The lowest BCUT2D eigenvalue weighted by molar-refractivity contribution is -0.165. The quantitative estimate of drug-likeness (QED) is 0.822. The zero-order chi connectivity index (χ0) is 13.8. The first kappa shape index (κ1) is 14.6. The highest BCUT2D eigenvalue weighted by Crippen LogP contribution is 2.33. The third-order valence-electron chi connectivity index (χ3n) is 3.06. The van der Waals surface area contributed by atoms with Crippen molar-refractivity contribution in [3.05, 3.63) is 35.6 Å². The van der Waals surface area contributed by atoms with Crippen LogP contribution in [0.15, 0.2) is 24.3 Å². The number of carbonyl (C=O) groups is 1. The van der Waals surface area contributed by atoms with Gasteiger partial charge in [-0.25, -0.2) is 9.18 Å². The average molecular weight is 254 g/mol. The van der Waals surface area contributed by atoms with Gasteiger partial charge in [-0.15, -0.1) is 0 Å². The first-order chi connectivity index (χ1) is 8.45. The number of halogens is 1. The smallest absolute Gasteiger partial charge is 0.338 e. The van der Waals surface area contributed by atoms with E-state index in [2.05, 4.69) is 0 Å². The van der Waals surface area contributed by atoms with Crippen molar-refractivity contribution < 1.29 is 19.0 Å². The molecular formula is C14H19FO3. The molecule has 4 heteroatoms. The van der Waals surface area contributed by atoms with E-state index in [4.69, 9.17) is 4.74 Å². The highest BCUT2D eigenvalue weighted by atomic mass is 19.1. The van der Waals surface area contributed by atoms with Gasteiger partial charge < -0.3 is 9.84 Å². The van der Waals surface area contributed by atoms with Crippen LogP contribution < -0.4 is 0 Å². The Morgan fingerprint density at radius 1 is 1.44 bits per heavy atom. The summed E-state index contributed by atoms with van der Waals surface area (Å²) in [5, 5.41) is 10.3. The summed E-state index contributed by atoms with van der Waals surface area (Å²) in [5.41, 5.74) is -1.40. The predicted octanol–water partition coefficient (Wildman–Crippen LogP) is 2.63. The minimum absolute atomic E-state index is 0.183. The summed E-state index contributed by atoms with van der Waals surface area (Å²) in [7, 11) is 0. The van der Waals surface area contributed by atoms with Crippen LogP contribution in [0.2, 0.25) is 0 Å². The van der Waals surface area contributed by atoms with E-state index in [0.29, 0.717) is 12.0 Å². The van der Waals surface area contributed by atoms with Gasteiger partial charge in [0.15, 0.2) is 5.60 Å². The van der Waals surface area contributed by atoms with Crippen LogP contribution in [-0.4, -0.2) is 23.3 Å². The molecule has 1 aromatic rings. The van der Waals surface area contributed by atoms with Crippen LogP contribution in [0.4, 0.5) is 4.39 Å². The normalized spacial score (nSPS) is 15.8. The van der Waals surface area contributed by atoms with Crippen LogP contribution in [0.3, 0.4) is 0 Å². The highest BCUT2D eigenvalue weighted by Gasteiger charge is 2.41. The zero-order valence-corrected chi connectivity index (χ0v) is 10.9. The predicted molar refractivity (Wildman–Crippen MR) is 66.7 cm³/mol. The van der Waals surface area contributed by atoms with Crippen molar-refractivity contribution in [1.82, 2.24) is 0 Å². The fourth-order valence-corrected chi connectivity index (χ4v) is 2.10. The Bertz CT molecular complexity index is 415. The number of hydrogen-bond donors (Lipinski definition) is 1. The Morgan fingerprint density at radius 3 is 2.56 bits per heavy atom. The summed E-state index contributed by atoms with van der Waals surface area (Å²) < 4.78 is 18.6. The molecule has 0 saturated heterocycles. The monoisotopic (exact) mass is 254 g/mol. The maximum absolute atomic E-state index is 13.7. The Labute approximate surface area is 107 Å². The van der Waals surface area contributed by atoms with Gasteiger partial charge in [-0.1, -0.05) is 25.1 Å². The maximum Gasteiger partial charge on any atom is 0.338 e. The van der Waals surface area contributed by atoms with E-state index in [1.165, 1.54) is 13.0 Å². The van der Waals surface area contributed by atoms with Gasteiger partial charge in [-0.2, -0.15) is 0 Å². The minimum atomic E-state index is -1.73. The van der Waals surface area contributed by atoms with Gasteiger partial charge in [0.25, 0.3) is 0 Å². The third kappa shape index (κ3) is 2.88. The second-order valence-electron chi connectivity index (χ2n) is 4.35. The summed E-state index contributed by atoms with van der Waals surface area (Å²) in [5.74, 6) is -1.77. The molecule has 2 unspecified atom stereocenters. The van der Waals surface area contributed by atoms with Crippen molar-refractivity contribution in [2.45, 2.75) is 38.7 Å². The Kier molecular flexibility index (Phi) is 4.84. The number of rotatable bonds is 5. The summed E-state index contributed by atoms with van der Waals surface area (Å²) in [6.45, 7) is 5.01. The van der Waals surface area contributed by atoms with Crippen molar-refractivity contribution in [2.24, 2.45) is 0 Å². The van der Waals surface area contributed by atoms with Crippen LogP contribution in [0.25, 0.3) is 0 Å². The molecule has 0 aliphatic heterocycles. The Balaban J connectivity index is 3.10. The van der Waals surface area contributed by atoms with Crippen molar-refractivity contribution in [2.75, 3.05) is 6.61 Å². The molecule has 1 aromatic carbocycles. The molecule has 3 nitrogen and oxygen atoms in total. The summed E-state index contributed by atoms with van der Waals surface area (Å²) in [4.78, 5) is 11.8. The number of carbonyl (C=O) groups excluding carboxylic acids is 1. The molecule has 1 N–H and O–H groups in total. The van der Waals surface area contributed by atoms with Crippen LogP contribution in [0.1, 0.15) is 38.7 Å². The largest absolute Gasteiger partial charge is 0.464 e. The molecule has 1 rings (SSSR count). The van der Waals surface area contributed by atoms with E-state index in [-0.39, 0.29) is 6.61 Å². The van der Waals surface area contributed by atoms with Gasteiger partial charge in [-0.05, 0) is 31.9 Å². The maximum atomic E-state index is 13.7. The van der Waals surface area contributed by atoms with Crippen LogP contribution in [0.5, 0.6) is 0 Å². The second-order valence-corrected chi connectivity index (χ2v) is 4.35. The summed E-state index contributed by atoms with van der Waals surface area (Å²) in [6, 6.07) is 6.16. The Morgan fingerprint density at radius 2 is 2.06 bits per heavy atom. The lowest BCUT2D eigenvalue weighted by atomic mass is 9.81. The SMILES string of the molecule is CCOC(=O)C(C)(O)C(CC)c1ccccc1F. The third-order valence-corrected chi connectivity index (χ3v) is 3.06. The van der Waals surface area contributed by atoms with Gasteiger partial charge >= 0.3 is 5.97 Å². The van der Waals surface area contributed by atoms with E-state index in [9.17, 15) is 14.3 Å². The van der Waals surface area contributed by atoms with Gasteiger partial charge in [0.2, 0.25) is 0 Å². The molecule has 0 heterocycles. The van der Waals surface area contributed by atoms with Gasteiger partial charge in [0.1, 0.15) is 5.82 Å². The van der Waals surface area contributed by atoms with Gasteiger partial charge in [0.05, 0.1) is 6.61 Å². The first-order valence-corrected chi connectivity index (χ1v) is 6.09. The zero-order valence-electron chi connectivity index (χ0n) is 10.9. The van der Waals surface area contributed by atoms with Crippen LogP contribution in [-0.2, 0) is 9.53 Å². The molecule has 0 radical (unpaired) electrons. The molecule has 0 amide bonds. The Hall–Kier alpha value is -1.42. The molecular weight excluding hydrogens is 235 g/mol. The molecule has 100 valence electrons. The second kappa shape index (κ2) is 5.96. The summed E-state index contributed by atoms with van der Waals surface area (Å²) >= 11 is 0. The number of esters is 1. The molecule has 0 aliphatic carbocycles. The van der Waals surface area contributed by atoms with E-state index in [1.807, 2.05) is 0 Å². The molecule has 0 aromatic heterocycles. The number of ether oxygens (including phenoxy) is 1. The lowest BCUT2D eigenvalue weighted by Gasteiger charge is -2.30. The van der Waals surface area contributed by atoms with Crippen molar-refractivity contribution in [1.29, 1.82) is 0 Å². The number of hydrogen-bond acceptors (Lipinski definition) is 3. The van der Waals surface area contributed by atoms with Crippen LogP contribution >= 0.6 is 0 Å². The fraction of sp³-hybridized carbons (Fsp3) is 0.500. The number of benzene rings is 1. The van der Waals surface area contributed by atoms with Crippen LogP contribution in [0, 0.1) is 5.82 Å². The standard InChI is InChI=1S/C14H19FO3/c1-4-11(10-8-6-7-9-12(10)15)14(3,17)13(16)18-5-2/h6-9,11,17H,4-5H2,1-3H3. The van der Waals surface area contributed by atoms with Crippen molar-refractivity contribution >= 4 is 5.97 Å². The molecule has 0 fully saturated rings. The van der Waals surface area contributed by atoms with E-state index in [1.54, 1.807) is 32.0 Å². The molecule has 2 atom stereocenters. The molecule has 0 saturated carbocycles. The number of aliphatic hydroxyl groups is 1. The van der Waals surface area contributed by atoms with E-state index < -0.39 is 23.3 Å². The highest BCUT2D eigenvalue weighted by molar-refractivity contribution is 5.80. The topological polar surface area (TPSA) is 46.5 Å². The molecule has 0 bridgehead atoms. The first-order valence-electron chi connectivity index (χ1n) is 6.09. The van der Waals surface area contributed by atoms with Crippen molar-refractivity contribution in [3.8, 4) is 0 Å². The van der Waals surface area contributed by atoms with Crippen molar-refractivity contribution in [3.63, 3.8) is 0 Å². The summed E-state index contributed by atoms with van der Waals surface area (Å²) in [6.07, 6.45) is 0.437. The average Bonchev–Trinajstić information content (AvgIpc) is 2.32. The van der Waals surface area contributed by atoms with E-state index >= 15 is 0 Å². The van der Waals surface area contributed by atoms with Gasteiger partial charge in [-0.3, -0.25) is 0 Å². The van der Waals surface area contributed by atoms with E-state index in [0.717, 1.165) is 0 Å². The molecule has 18 heavy (non-hydrogen) atoms. The fourth-order valence-electron chi connectivity index (χ4n) is 2.10. The molecule has 0 aliphatic rings. The molecule has 0 spiro atoms. The lowest BCUT2D eigenvalue weighted by Crippen LogP contribution is -2.43.